The SMILES string of the molecule is [1H]Cc1ccccc1-c1ccccc1C[1H]. The smallest absolute Gasteiger partial charge is 0.0280 e. The third-order valence-corrected chi connectivity index (χ3v) is 2.32. The monoisotopic (exact) mass is 182 g/mol. The van der Waals surface area contributed by atoms with Crippen LogP contribution in [-0.4, -0.2) is 0 Å². The van der Waals surface area contributed by atoms with Crippen molar-refractivity contribution in [2.24, 2.45) is 0 Å². The van der Waals surface area contributed by atoms with Crippen LogP contribution in [0.1, 0.15) is 13.9 Å². The molecule has 0 atom stereocenters. The van der Waals surface area contributed by atoms with E-state index < -0.39 is 0 Å². The molecule has 0 N–H and O–H groups in total. The fraction of sp³-hybridized carbons (Fsp3) is 0.143. The van der Waals surface area contributed by atoms with Crippen molar-refractivity contribution >= 4 is 0 Å². The molecule has 0 bridgehead atoms. The van der Waals surface area contributed by atoms with Crippen LogP contribution in [0.2, 0.25) is 0 Å². The first-order valence-corrected chi connectivity index (χ1v) is 4.61. The quantitative estimate of drug-likeness (QED) is 0.626. The van der Waals surface area contributed by atoms with Crippen LogP contribution in [0.15, 0.2) is 48.5 Å². The summed E-state index contributed by atoms with van der Waals surface area (Å²) in [5.74, 6) is 0. The molecule has 0 aliphatic carbocycles. The predicted octanol–water partition coefficient (Wildman–Crippen LogP) is 3.97. The fourth-order valence-electron chi connectivity index (χ4n) is 1.57. The summed E-state index contributed by atoms with van der Waals surface area (Å²) < 4.78 is 15.0. The maximum Gasteiger partial charge on any atom is 0.0280 e. The van der Waals surface area contributed by atoms with Crippen LogP contribution in [0, 0.1) is 13.8 Å². The summed E-state index contributed by atoms with van der Waals surface area (Å²) in [5, 5.41) is 0. The van der Waals surface area contributed by atoms with E-state index in [-0.39, 0.29) is 13.8 Å². The van der Waals surface area contributed by atoms with Gasteiger partial charge in [-0.25, -0.2) is 0 Å². The number of aryl methyl sites for hydroxylation is 2. The van der Waals surface area contributed by atoms with E-state index in [9.17, 15) is 0 Å². The molecule has 0 aliphatic heterocycles. The molecule has 0 radical (unpaired) electrons. The van der Waals surface area contributed by atoms with Gasteiger partial charge in [-0.2, -0.15) is 0 Å². The van der Waals surface area contributed by atoms with Gasteiger partial charge >= 0.3 is 0 Å². The minimum Gasteiger partial charge on any atom is -0.0620 e. The van der Waals surface area contributed by atoms with Gasteiger partial charge in [-0.15, -0.1) is 0 Å². The van der Waals surface area contributed by atoms with Gasteiger partial charge in [0.2, 0.25) is 0 Å². The number of hydrogen-bond acceptors (Lipinski definition) is 0. The van der Waals surface area contributed by atoms with Gasteiger partial charge in [0.1, 0.15) is 0 Å². The van der Waals surface area contributed by atoms with Crippen LogP contribution in [-0.2, 0) is 0 Å². The Kier molecular flexibility index (Phi) is 1.79. The Morgan fingerprint density at radius 3 is 1.57 bits per heavy atom. The molecule has 0 nitrogen and oxygen atoms in total. The van der Waals surface area contributed by atoms with Crippen LogP contribution in [0.5, 0.6) is 0 Å². The molecule has 0 aromatic heterocycles. The number of hydrogen-bond donors (Lipinski definition) is 0. The first-order valence-electron chi connectivity index (χ1n) is 6.03. The first-order chi connectivity index (χ1) is 7.86. The van der Waals surface area contributed by atoms with Crippen molar-refractivity contribution in [1.82, 2.24) is 0 Å². The average Bonchev–Trinajstić information content (AvgIpc) is 2.38. The van der Waals surface area contributed by atoms with Gasteiger partial charge in [-0.1, -0.05) is 48.5 Å². The van der Waals surface area contributed by atoms with E-state index in [0.29, 0.717) is 0 Å². The lowest BCUT2D eigenvalue weighted by atomic mass is 9.97. The zero-order chi connectivity index (χ0) is 11.4. The van der Waals surface area contributed by atoms with Gasteiger partial charge < -0.3 is 0 Å². The molecule has 2 aromatic carbocycles. The van der Waals surface area contributed by atoms with Crippen LogP contribution in [0.3, 0.4) is 0 Å². The molecule has 0 heterocycles. The third-order valence-electron chi connectivity index (χ3n) is 2.32. The minimum atomic E-state index is 0.280. The van der Waals surface area contributed by atoms with Gasteiger partial charge in [0.05, 0.1) is 0 Å². The highest BCUT2D eigenvalue weighted by Gasteiger charge is 2.02. The van der Waals surface area contributed by atoms with Crippen molar-refractivity contribution in [1.29, 1.82) is 0 Å². The van der Waals surface area contributed by atoms with E-state index in [2.05, 4.69) is 0 Å². The average molecular weight is 182 g/mol. The van der Waals surface area contributed by atoms with Crippen molar-refractivity contribution in [2.75, 3.05) is 0 Å². The summed E-state index contributed by atoms with van der Waals surface area (Å²) in [6.45, 7) is 0.561. The summed E-state index contributed by atoms with van der Waals surface area (Å²) in [5.41, 5.74) is 4.20. The highest BCUT2D eigenvalue weighted by molar-refractivity contribution is 5.70. The summed E-state index contributed by atoms with van der Waals surface area (Å²) in [6.07, 6.45) is 0. The first kappa shape index (κ1) is 6.83. The largest absolute Gasteiger partial charge is 0.0620 e. The highest BCUT2D eigenvalue weighted by atomic mass is 14.1. The summed E-state index contributed by atoms with van der Waals surface area (Å²) in [4.78, 5) is 0. The third kappa shape index (κ3) is 1.56. The van der Waals surface area contributed by atoms with Crippen molar-refractivity contribution < 1.29 is 2.74 Å². The van der Waals surface area contributed by atoms with E-state index in [1.165, 1.54) is 0 Å². The molecule has 0 saturated heterocycles. The zero-order valence-corrected chi connectivity index (χ0v) is 8.03. The van der Waals surface area contributed by atoms with Crippen LogP contribution >= 0.6 is 0 Å². The Bertz CT molecular complexity index is 432. The van der Waals surface area contributed by atoms with Gasteiger partial charge in [0.25, 0.3) is 0 Å². The van der Waals surface area contributed by atoms with Crippen molar-refractivity contribution in [3.05, 3.63) is 59.7 Å². The van der Waals surface area contributed by atoms with Crippen molar-refractivity contribution in [3.63, 3.8) is 0 Å². The Labute approximate surface area is 88.0 Å². The summed E-state index contributed by atoms with van der Waals surface area (Å²) in [6, 6.07) is 15.9. The molecule has 0 saturated carbocycles. The molecule has 0 unspecified atom stereocenters. The van der Waals surface area contributed by atoms with Crippen molar-refractivity contribution in [3.8, 4) is 11.1 Å². The zero-order valence-electron chi connectivity index (χ0n) is 10.0. The Morgan fingerprint density at radius 1 is 0.714 bits per heavy atom. The second-order valence-corrected chi connectivity index (χ2v) is 3.31. The molecular weight excluding hydrogens is 168 g/mol. The molecule has 0 aliphatic rings. The molecule has 0 spiro atoms. The fourth-order valence-corrected chi connectivity index (χ4v) is 1.57. The van der Waals surface area contributed by atoms with Gasteiger partial charge in [-0.3, -0.25) is 0 Å². The summed E-state index contributed by atoms with van der Waals surface area (Å²) in [7, 11) is 0. The molecular formula is C14H14. The van der Waals surface area contributed by atoms with E-state index >= 15 is 0 Å². The highest BCUT2D eigenvalue weighted by Crippen LogP contribution is 2.25. The standard InChI is InChI=1S/C14H14/c1-11-7-3-5-9-13(11)14-10-6-4-8-12(14)2/h3-10H,1-2H3/i1H,2H. The second kappa shape index (κ2) is 3.67. The molecule has 14 heavy (non-hydrogen) atoms. The van der Waals surface area contributed by atoms with Gasteiger partial charge in [-0.05, 0) is 36.1 Å². The lowest BCUT2D eigenvalue weighted by molar-refractivity contribution is 1.41. The second-order valence-electron chi connectivity index (χ2n) is 3.31. The number of benzene rings is 2. The van der Waals surface area contributed by atoms with Crippen LogP contribution in [0.25, 0.3) is 11.1 Å². The lowest BCUT2D eigenvalue weighted by Crippen LogP contribution is -1.85. The van der Waals surface area contributed by atoms with E-state index in [1.54, 1.807) is 0 Å². The molecule has 0 fully saturated rings. The van der Waals surface area contributed by atoms with E-state index in [1.807, 2.05) is 48.5 Å². The minimum absolute atomic E-state index is 0.280. The van der Waals surface area contributed by atoms with Crippen LogP contribution < -0.4 is 0 Å². The van der Waals surface area contributed by atoms with Crippen molar-refractivity contribution in [2.45, 2.75) is 13.8 Å². The molecule has 0 heteroatoms. The maximum absolute atomic E-state index is 7.51. The molecule has 2 aromatic rings. The topological polar surface area (TPSA) is 0 Å². The maximum atomic E-state index is 7.51. The Morgan fingerprint density at radius 2 is 1.14 bits per heavy atom. The Balaban J connectivity index is 2.58. The normalized spacial score (nSPS) is 12.0. The van der Waals surface area contributed by atoms with E-state index in [0.717, 1.165) is 22.3 Å². The number of rotatable bonds is 1. The van der Waals surface area contributed by atoms with Gasteiger partial charge in [0.15, 0.2) is 0 Å². The lowest BCUT2D eigenvalue weighted by Gasteiger charge is -2.08. The predicted molar refractivity (Wildman–Crippen MR) is 61.4 cm³/mol. The van der Waals surface area contributed by atoms with Crippen LogP contribution in [0.4, 0.5) is 0 Å². The summed E-state index contributed by atoms with van der Waals surface area (Å²) >= 11 is 0. The molecule has 70 valence electrons. The van der Waals surface area contributed by atoms with Gasteiger partial charge in [0, 0.05) is 2.74 Å². The van der Waals surface area contributed by atoms with E-state index in [4.69, 9.17) is 2.74 Å². The molecule has 0 amide bonds. The molecule has 2 rings (SSSR count). The Hall–Kier alpha value is -1.56.